The Bertz CT molecular complexity index is 1010. The van der Waals surface area contributed by atoms with Crippen LogP contribution in [0.4, 0.5) is 0 Å². The first-order valence-electron chi connectivity index (χ1n) is 8.43. The molecule has 0 saturated heterocycles. The molecule has 5 nitrogen and oxygen atoms in total. The maximum Gasteiger partial charge on any atom is 0.215 e. The van der Waals surface area contributed by atoms with E-state index in [1.807, 2.05) is 18.2 Å². The van der Waals surface area contributed by atoms with Crippen molar-refractivity contribution < 1.29 is 4.74 Å². The molecule has 0 atom stereocenters. The summed E-state index contributed by atoms with van der Waals surface area (Å²) in [6.45, 7) is 1.84. The second-order valence-electron chi connectivity index (χ2n) is 6.47. The Kier molecular flexibility index (Phi) is 3.93. The van der Waals surface area contributed by atoms with Crippen molar-refractivity contribution in [1.82, 2.24) is 18.9 Å². The SMILES string of the molecule is COc1ccc(-c2cn3c4ccccc4nc3n2CCN(C)C)cc1. The van der Waals surface area contributed by atoms with E-state index >= 15 is 0 Å². The van der Waals surface area contributed by atoms with Gasteiger partial charge in [0.1, 0.15) is 5.75 Å². The summed E-state index contributed by atoms with van der Waals surface area (Å²) in [5, 5.41) is 0. The molecule has 4 aromatic rings. The van der Waals surface area contributed by atoms with Crippen LogP contribution in [0.15, 0.2) is 54.7 Å². The Morgan fingerprint density at radius 3 is 2.52 bits per heavy atom. The molecule has 5 heteroatoms. The summed E-state index contributed by atoms with van der Waals surface area (Å²) < 4.78 is 9.76. The predicted molar refractivity (Wildman–Crippen MR) is 101 cm³/mol. The van der Waals surface area contributed by atoms with Gasteiger partial charge < -0.3 is 14.2 Å². The lowest BCUT2D eigenvalue weighted by Crippen LogP contribution is -2.19. The van der Waals surface area contributed by atoms with E-state index in [-0.39, 0.29) is 0 Å². The molecule has 2 heterocycles. The Hall–Kier alpha value is -2.79. The highest BCUT2D eigenvalue weighted by molar-refractivity contribution is 5.81. The van der Waals surface area contributed by atoms with Crippen LogP contribution < -0.4 is 4.74 Å². The topological polar surface area (TPSA) is 34.7 Å². The third-order valence-corrected chi connectivity index (χ3v) is 4.52. The van der Waals surface area contributed by atoms with E-state index in [2.05, 4.69) is 64.5 Å². The molecule has 0 N–H and O–H groups in total. The highest BCUT2D eigenvalue weighted by atomic mass is 16.5. The summed E-state index contributed by atoms with van der Waals surface area (Å²) in [4.78, 5) is 7.05. The number of para-hydroxylation sites is 2. The highest BCUT2D eigenvalue weighted by Crippen LogP contribution is 2.28. The molecule has 2 aromatic carbocycles. The Morgan fingerprint density at radius 1 is 1.04 bits per heavy atom. The van der Waals surface area contributed by atoms with Crippen LogP contribution in [0.3, 0.4) is 0 Å². The fourth-order valence-corrected chi connectivity index (χ4v) is 3.16. The molecule has 4 rings (SSSR count). The number of nitrogens with zero attached hydrogens (tertiary/aromatic N) is 4. The van der Waals surface area contributed by atoms with E-state index in [1.54, 1.807) is 7.11 Å². The number of benzene rings is 2. The third kappa shape index (κ3) is 2.76. The normalized spacial score (nSPS) is 11.7. The van der Waals surface area contributed by atoms with Crippen LogP contribution >= 0.6 is 0 Å². The number of ether oxygens (including phenoxy) is 1. The van der Waals surface area contributed by atoms with Crippen molar-refractivity contribution in [2.24, 2.45) is 0 Å². The molecule has 0 aliphatic heterocycles. The van der Waals surface area contributed by atoms with Crippen LogP contribution in [-0.2, 0) is 6.54 Å². The molecule has 0 amide bonds. The first-order chi connectivity index (χ1) is 12.2. The predicted octanol–water partition coefficient (Wildman–Crippen LogP) is 3.53. The second kappa shape index (κ2) is 6.26. The van der Waals surface area contributed by atoms with Crippen LogP contribution in [0, 0.1) is 0 Å². The number of fused-ring (bicyclic) bond motifs is 3. The minimum absolute atomic E-state index is 0.866. The van der Waals surface area contributed by atoms with Gasteiger partial charge in [0.05, 0.1) is 23.8 Å². The van der Waals surface area contributed by atoms with Gasteiger partial charge in [0.25, 0.3) is 0 Å². The number of hydrogen-bond donors (Lipinski definition) is 0. The first-order valence-corrected chi connectivity index (χ1v) is 8.43. The van der Waals surface area contributed by atoms with Crippen LogP contribution in [0.25, 0.3) is 28.1 Å². The molecular formula is C20H22N4O. The molecule has 0 aliphatic rings. The van der Waals surface area contributed by atoms with Gasteiger partial charge in [-0.25, -0.2) is 4.98 Å². The zero-order valence-electron chi connectivity index (χ0n) is 14.8. The van der Waals surface area contributed by atoms with E-state index in [0.29, 0.717) is 0 Å². The summed E-state index contributed by atoms with van der Waals surface area (Å²) in [6.07, 6.45) is 2.18. The van der Waals surface area contributed by atoms with Gasteiger partial charge in [-0.2, -0.15) is 0 Å². The molecule has 25 heavy (non-hydrogen) atoms. The van der Waals surface area contributed by atoms with Gasteiger partial charge in [-0.1, -0.05) is 12.1 Å². The van der Waals surface area contributed by atoms with Crippen LogP contribution in [0.5, 0.6) is 5.75 Å². The Balaban J connectivity index is 1.89. The largest absolute Gasteiger partial charge is 0.497 e. The number of rotatable bonds is 5. The fraction of sp³-hybridized carbons (Fsp3) is 0.250. The lowest BCUT2D eigenvalue weighted by Gasteiger charge is -2.13. The number of likely N-dealkylation sites (N-methyl/N-ethyl adjacent to an activating group) is 1. The van der Waals surface area contributed by atoms with E-state index in [4.69, 9.17) is 9.72 Å². The van der Waals surface area contributed by atoms with Crippen LogP contribution in [-0.4, -0.2) is 46.6 Å². The van der Waals surface area contributed by atoms with Gasteiger partial charge >= 0.3 is 0 Å². The number of imidazole rings is 2. The van der Waals surface area contributed by atoms with Gasteiger partial charge in [0, 0.05) is 24.8 Å². The minimum Gasteiger partial charge on any atom is -0.497 e. The van der Waals surface area contributed by atoms with Gasteiger partial charge in [-0.3, -0.25) is 4.40 Å². The maximum absolute atomic E-state index is 5.28. The van der Waals surface area contributed by atoms with E-state index in [9.17, 15) is 0 Å². The van der Waals surface area contributed by atoms with Crippen molar-refractivity contribution in [2.75, 3.05) is 27.7 Å². The molecule has 0 bridgehead atoms. The Morgan fingerprint density at radius 2 is 1.80 bits per heavy atom. The fourth-order valence-electron chi connectivity index (χ4n) is 3.16. The summed E-state index contributed by atoms with van der Waals surface area (Å²) in [5.41, 5.74) is 4.49. The lowest BCUT2D eigenvalue weighted by atomic mass is 10.1. The van der Waals surface area contributed by atoms with E-state index < -0.39 is 0 Å². The van der Waals surface area contributed by atoms with Crippen molar-refractivity contribution in [2.45, 2.75) is 6.54 Å². The van der Waals surface area contributed by atoms with Gasteiger partial charge in [0.2, 0.25) is 5.78 Å². The second-order valence-corrected chi connectivity index (χ2v) is 6.47. The highest BCUT2D eigenvalue weighted by Gasteiger charge is 2.15. The van der Waals surface area contributed by atoms with Crippen molar-refractivity contribution in [3.63, 3.8) is 0 Å². The molecule has 0 saturated carbocycles. The zero-order chi connectivity index (χ0) is 17.4. The van der Waals surface area contributed by atoms with Crippen LogP contribution in [0.1, 0.15) is 0 Å². The third-order valence-electron chi connectivity index (χ3n) is 4.52. The molecule has 2 aromatic heterocycles. The van der Waals surface area contributed by atoms with Gasteiger partial charge in [-0.15, -0.1) is 0 Å². The molecule has 0 radical (unpaired) electrons. The first kappa shape index (κ1) is 15.7. The summed E-state index contributed by atoms with van der Waals surface area (Å²) in [5.74, 6) is 1.85. The van der Waals surface area contributed by atoms with Crippen molar-refractivity contribution in [3.8, 4) is 17.0 Å². The zero-order valence-corrected chi connectivity index (χ0v) is 14.8. The van der Waals surface area contributed by atoms with Gasteiger partial charge in [-0.05, 0) is 50.5 Å². The monoisotopic (exact) mass is 334 g/mol. The van der Waals surface area contributed by atoms with Crippen molar-refractivity contribution in [1.29, 1.82) is 0 Å². The summed E-state index contributed by atoms with van der Waals surface area (Å²) in [6, 6.07) is 16.5. The molecule has 128 valence electrons. The quantitative estimate of drug-likeness (QED) is 0.560. The summed E-state index contributed by atoms with van der Waals surface area (Å²) in [7, 11) is 5.88. The maximum atomic E-state index is 5.28. The van der Waals surface area contributed by atoms with E-state index in [1.165, 1.54) is 0 Å². The van der Waals surface area contributed by atoms with E-state index in [0.717, 1.165) is 46.9 Å². The Labute approximate surface area is 147 Å². The van der Waals surface area contributed by atoms with Gasteiger partial charge in [0.15, 0.2) is 0 Å². The van der Waals surface area contributed by atoms with Crippen molar-refractivity contribution >= 4 is 16.8 Å². The lowest BCUT2D eigenvalue weighted by molar-refractivity contribution is 0.387. The minimum atomic E-state index is 0.866. The average molecular weight is 334 g/mol. The molecular weight excluding hydrogens is 312 g/mol. The number of aromatic nitrogens is 3. The number of hydrogen-bond acceptors (Lipinski definition) is 3. The standard InChI is InChI=1S/C20H22N4O/c1-22(2)12-13-23-19(15-8-10-16(25-3)11-9-15)14-24-18-7-5-4-6-17(18)21-20(23)24/h4-11,14H,12-13H2,1-3H3. The van der Waals surface area contributed by atoms with Crippen LogP contribution in [0.2, 0.25) is 0 Å². The number of methoxy groups -OCH3 is 1. The molecule has 0 aliphatic carbocycles. The van der Waals surface area contributed by atoms with Crippen molar-refractivity contribution in [3.05, 3.63) is 54.7 Å². The summed E-state index contributed by atoms with van der Waals surface area (Å²) >= 11 is 0. The molecule has 0 spiro atoms. The smallest absolute Gasteiger partial charge is 0.215 e. The average Bonchev–Trinajstić information content (AvgIpc) is 3.16. The molecule has 0 unspecified atom stereocenters. The molecule has 0 fully saturated rings.